The number of benzene rings is 2. The Morgan fingerprint density at radius 2 is 1.91 bits per heavy atom. The predicted molar refractivity (Wildman–Crippen MR) is 122 cm³/mol. The minimum absolute atomic E-state index is 0.0988. The maximum absolute atomic E-state index is 14.0. The summed E-state index contributed by atoms with van der Waals surface area (Å²) in [4.78, 5) is 31.5. The number of ketones is 1. The second-order valence-corrected chi connectivity index (χ2v) is 8.17. The number of hydrogen-bond acceptors (Lipinski definition) is 5. The van der Waals surface area contributed by atoms with Gasteiger partial charge in [-0.1, -0.05) is 38.1 Å². The van der Waals surface area contributed by atoms with Crippen LogP contribution in [0.3, 0.4) is 0 Å². The Kier molecular flexibility index (Phi) is 6.22. The van der Waals surface area contributed by atoms with Gasteiger partial charge in [-0.2, -0.15) is 0 Å². The molecule has 3 aromatic rings. The highest BCUT2D eigenvalue weighted by molar-refractivity contribution is 6.51. The van der Waals surface area contributed by atoms with E-state index in [1.54, 1.807) is 42.6 Å². The van der Waals surface area contributed by atoms with E-state index >= 15 is 0 Å². The van der Waals surface area contributed by atoms with Crippen molar-refractivity contribution < 1.29 is 23.8 Å². The second-order valence-electron chi connectivity index (χ2n) is 8.17. The molecule has 1 saturated heterocycles. The lowest BCUT2D eigenvalue weighted by atomic mass is 9.96. The first-order valence-electron chi connectivity index (χ1n) is 10.6. The monoisotopic (exact) mass is 446 g/mol. The topological polar surface area (TPSA) is 79.7 Å². The molecule has 6 nitrogen and oxygen atoms in total. The summed E-state index contributed by atoms with van der Waals surface area (Å²) in [5.74, 6) is -1.76. The van der Waals surface area contributed by atoms with Gasteiger partial charge in [-0.05, 0) is 47.9 Å². The fourth-order valence-electron chi connectivity index (χ4n) is 3.73. The standard InChI is InChI=1S/C26H23FN2O4/c1-16(2)15-33-21-10-3-6-17(12-21)24(30)22-23(18-7-5-11-28-14-18)29(26(32)25(22)31)20-9-4-8-19(27)13-20/h3-14,16,23,30H,15H2,1-2H3/b24-22+. The summed E-state index contributed by atoms with van der Waals surface area (Å²) in [5.41, 5.74) is 0.953. The van der Waals surface area contributed by atoms with Crippen LogP contribution in [-0.4, -0.2) is 28.4 Å². The molecule has 1 fully saturated rings. The van der Waals surface area contributed by atoms with Gasteiger partial charge in [0.05, 0.1) is 18.2 Å². The molecule has 33 heavy (non-hydrogen) atoms. The number of carbonyl (C=O) groups is 2. The Morgan fingerprint density at radius 3 is 2.61 bits per heavy atom. The van der Waals surface area contributed by atoms with E-state index < -0.39 is 23.5 Å². The molecule has 1 unspecified atom stereocenters. The van der Waals surface area contributed by atoms with Crippen molar-refractivity contribution in [1.29, 1.82) is 0 Å². The van der Waals surface area contributed by atoms with Gasteiger partial charge in [-0.3, -0.25) is 19.5 Å². The lowest BCUT2D eigenvalue weighted by Gasteiger charge is -2.25. The summed E-state index contributed by atoms with van der Waals surface area (Å²) in [7, 11) is 0. The number of anilines is 1. The van der Waals surface area contributed by atoms with Crippen LogP contribution in [0, 0.1) is 11.7 Å². The van der Waals surface area contributed by atoms with Crippen molar-refractivity contribution >= 4 is 23.1 Å². The van der Waals surface area contributed by atoms with Crippen LogP contribution in [0.4, 0.5) is 10.1 Å². The van der Waals surface area contributed by atoms with Crippen LogP contribution in [0.25, 0.3) is 5.76 Å². The SMILES string of the molecule is CC(C)COc1cccc(/C(O)=C2\C(=O)C(=O)N(c3cccc(F)c3)C2c2cccnc2)c1. The van der Waals surface area contributed by atoms with E-state index in [0.717, 1.165) is 0 Å². The third-order valence-corrected chi connectivity index (χ3v) is 5.22. The molecule has 168 valence electrons. The summed E-state index contributed by atoms with van der Waals surface area (Å²) >= 11 is 0. The molecule has 0 saturated carbocycles. The molecule has 1 amide bonds. The number of hydrogen-bond donors (Lipinski definition) is 1. The number of aromatic nitrogens is 1. The van der Waals surface area contributed by atoms with E-state index in [-0.39, 0.29) is 17.0 Å². The predicted octanol–water partition coefficient (Wildman–Crippen LogP) is 4.88. The molecular formula is C26H23FN2O4. The Hall–Kier alpha value is -4.00. The van der Waals surface area contributed by atoms with Crippen molar-refractivity contribution in [2.75, 3.05) is 11.5 Å². The van der Waals surface area contributed by atoms with Crippen molar-refractivity contribution in [3.05, 3.63) is 95.6 Å². The highest BCUT2D eigenvalue weighted by atomic mass is 19.1. The van der Waals surface area contributed by atoms with Crippen LogP contribution in [0.1, 0.15) is 31.0 Å². The average molecular weight is 446 g/mol. The van der Waals surface area contributed by atoms with E-state index in [1.165, 1.54) is 35.4 Å². The first-order valence-corrected chi connectivity index (χ1v) is 10.6. The molecule has 1 N–H and O–H groups in total. The molecule has 0 bridgehead atoms. The number of Topliss-reactive ketones (excluding diaryl/α,β-unsaturated/α-hetero) is 1. The molecule has 7 heteroatoms. The van der Waals surface area contributed by atoms with Gasteiger partial charge in [0.1, 0.15) is 17.3 Å². The average Bonchev–Trinajstić information content (AvgIpc) is 3.08. The fraction of sp³-hybridized carbons (Fsp3) is 0.192. The zero-order valence-electron chi connectivity index (χ0n) is 18.2. The summed E-state index contributed by atoms with van der Waals surface area (Å²) in [5, 5.41) is 11.2. The summed E-state index contributed by atoms with van der Waals surface area (Å²) < 4.78 is 19.7. The molecule has 0 aliphatic carbocycles. The molecule has 1 aliphatic heterocycles. The molecule has 1 atom stereocenters. The molecule has 1 aliphatic rings. The van der Waals surface area contributed by atoms with Gasteiger partial charge in [-0.25, -0.2) is 4.39 Å². The van der Waals surface area contributed by atoms with Crippen LogP contribution in [0.2, 0.25) is 0 Å². The molecule has 0 spiro atoms. The third kappa shape index (κ3) is 4.48. The van der Waals surface area contributed by atoms with Crippen LogP contribution in [0.5, 0.6) is 5.75 Å². The van der Waals surface area contributed by atoms with Crippen LogP contribution in [0.15, 0.2) is 78.6 Å². The summed E-state index contributed by atoms with van der Waals surface area (Å²) in [6.45, 7) is 4.53. The Balaban J connectivity index is 1.85. The maximum atomic E-state index is 14.0. The zero-order valence-corrected chi connectivity index (χ0v) is 18.2. The van der Waals surface area contributed by atoms with Gasteiger partial charge in [0, 0.05) is 23.6 Å². The van der Waals surface area contributed by atoms with Crippen LogP contribution in [-0.2, 0) is 9.59 Å². The quantitative estimate of drug-likeness (QED) is 0.332. The van der Waals surface area contributed by atoms with Crippen molar-refractivity contribution in [2.45, 2.75) is 19.9 Å². The molecule has 0 radical (unpaired) electrons. The molecule has 1 aromatic heterocycles. The number of ether oxygens (including phenoxy) is 1. The van der Waals surface area contributed by atoms with Gasteiger partial charge in [0.15, 0.2) is 0 Å². The van der Waals surface area contributed by atoms with Gasteiger partial charge in [0.25, 0.3) is 11.7 Å². The number of rotatable bonds is 6. The summed E-state index contributed by atoms with van der Waals surface area (Å²) in [6, 6.07) is 14.5. The summed E-state index contributed by atoms with van der Waals surface area (Å²) in [6.07, 6.45) is 3.08. The van der Waals surface area contributed by atoms with Gasteiger partial charge >= 0.3 is 0 Å². The number of aliphatic hydroxyl groups excluding tert-OH is 1. The van der Waals surface area contributed by atoms with Crippen LogP contribution >= 0.6 is 0 Å². The highest BCUT2D eigenvalue weighted by Crippen LogP contribution is 2.42. The minimum atomic E-state index is -0.972. The smallest absolute Gasteiger partial charge is 0.300 e. The van der Waals surface area contributed by atoms with Gasteiger partial charge in [0.2, 0.25) is 0 Å². The van der Waals surface area contributed by atoms with Crippen molar-refractivity contribution in [1.82, 2.24) is 4.98 Å². The number of aliphatic hydroxyl groups is 1. The fourth-order valence-corrected chi connectivity index (χ4v) is 3.73. The van der Waals surface area contributed by atoms with Crippen LogP contribution < -0.4 is 9.64 Å². The van der Waals surface area contributed by atoms with Gasteiger partial charge < -0.3 is 9.84 Å². The lowest BCUT2D eigenvalue weighted by Crippen LogP contribution is -2.29. The van der Waals surface area contributed by atoms with E-state index in [2.05, 4.69) is 4.98 Å². The Morgan fingerprint density at radius 1 is 1.12 bits per heavy atom. The van der Waals surface area contributed by atoms with E-state index in [4.69, 9.17) is 4.74 Å². The minimum Gasteiger partial charge on any atom is -0.507 e. The first kappa shape index (κ1) is 22.2. The molecule has 4 rings (SSSR count). The van der Waals surface area contributed by atoms with Crippen molar-refractivity contribution in [3.63, 3.8) is 0 Å². The number of halogens is 1. The molecule has 2 aromatic carbocycles. The highest BCUT2D eigenvalue weighted by Gasteiger charge is 2.47. The molecular weight excluding hydrogens is 423 g/mol. The largest absolute Gasteiger partial charge is 0.507 e. The van der Waals surface area contributed by atoms with Gasteiger partial charge in [-0.15, -0.1) is 0 Å². The lowest BCUT2D eigenvalue weighted by molar-refractivity contribution is -0.132. The van der Waals surface area contributed by atoms with E-state index in [1.807, 2.05) is 13.8 Å². The number of amides is 1. The van der Waals surface area contributed by atoms with E-state index in [0.29, 0.717) is 29.4 Å². The second kappa shape index (κ2) is 9.24. The maximum Gasteiger partial charge on any atom is 0.300 e. The van der Waals surface area contributed by atoms with Crippen molar-refractivity contribution in [3.8, 4) is 5.75 Å². The normalized spacial score (nSPS) is 17.6. The van der Waals surface area contributed by atoms with E-state index in [9.17, 15) is 19.1 Å². The number of pyridine rings is 1. The van der Waals surface area contributed by atoms with Crippen molar-refractivity contribution in [2.24, 2.45) is 5.92 Å². The molecule has 2 heterocycles. The Bertz CT molecular complexity index is 1220. The number of nitrogens with zero attached hydrogens (tertiary/aromatic N) is 2. The zero-order chi connectivity index (χ0) is 23.5. The first-order chi connectivity index (χ1) is 15.9. The Labute approximate surface area is 191 Å². The third-order valence-electron chi connectivity index (χ3n) is 5.22. The number of carbonyl (C=O) groups excluding carboxylic acids is 2.